The minimum absolute atomic E-state index is 0.0170. The second-order valence-electron chi connectivity index (χ2n) is 42.1. The third-order valence-corrected chi connectivity index (χ3v) is 54.7. The second-order valence-corrected chi connectivity index (χ2v) is 71.7. The first-order valence-electron chi connectivity index (χ1n) is 42.0. The van der Waals surface area contributed by atoms with Crippen LogP contribution in [0.4, 0.5) is 4.79 Å². The third kappa shape index (κ3) is 26.0. The molecule has 35 heteroatoms. The summed E-state index contributed by atoms with van der Waals surface area (Å²) in [5.74, 6) is -3.43. The molecular weight excluding hydrogens is 1590 g/mol. The van der Waals surface area contributed by atoms with Gasteiger partial charge in [-0.25, -0.2) is 0 Å². The zero-order chi connectivity index (χ0) is 88.2. The molecule has 0 bridgehead atoms. The summed E-state index contributed by atoms with van der Waals surface area (Å²) in [4.78, 5) is 119. The van der Waals surface area contributed by atoms with E-state index < -0.39 is 171 Å². The van der Waals surface area contributed by atoms with Gasteiger partial charge >= 0.3 is 323 Å². The first-order chi connectivity index (χ1) is 52.8. The molecule has 7 amide bonds. The number of hydrogen-bond donors (Lipinski definition) is 4. The van der Waals surface area contributed by atoms with Crippen LogP contribution in [0.3, 0.4) is 0 Å². The SMILES string of the molecule is COB=NC(CCCNC(=O)OCc1ccccc1[SiH3])C(=O)N[C@H](C(=O)N1C[C@H](O[Si](C)(C)C(C)(C)C)C[C@H]1C(=O)N[C@H](C(=O)N[C@H](C(=O)N1C[C@H](C)[C@H](O[Si](C)(C)C(C)(C)C)[C@H]1C(=O)N(B1CO1)B1CO1)C(C)O[Si](C)(C)C(C)(C)C)[C@@H](Cc1ccc(O[Si](C)(C)C(C)(C)C)cc1)O[Si](C)(C)C(C)(C)C)C(C)O[Si](C)(C)C(C)(C)C. The van der Waals surface area contributed by atoms with Crippen molar-refractivity contribution in [1.82, 2.24) is 35.8 Å². The number of benzene rings is 2. The van der Waals surface area contributed by atoms with E-state index in [1.807, 2.05) is 55.5 Å². The van der Waals surface area contributed by atoms with Crippen molar-refractivity contribution >= 4 is 128 Å². The first-order valence-corrected chi connectivity index (χ1v) is 60.5. The summed E-state index contributed by atoms with van der Waals surface area (Å²) >= 11 is 0. The average Bonchev–Trinajstić information content (AvgIpc) is 1.59. The summed E-state index contributed by atoms with van der Waals surface area (Å²) in [5.41, 5.74) is 1.68. The van der Waals surface area contributed by atoms with Gasteiger partial charge in [-0.05, 0) is 104 Å². The van der Waals surface area contributed by atoms with E-state index in [1.165, 1.54) is 12.0 Å². The van der Waals surface area contributed by atoms with Crippen LogP contribution in [0.2, 0.25) is 109 Å². The predicted molar refractivity (Wildman–Crippen MR) is 483 cm³/mol. The molecule has 0 spiro atoms. The van der Waals surface area contributed by atoms with Crippen molar-refractivity contribution < 1.29 is 78.8 Å². The molecular formula is C81H149B3N8O17Si7. The maximum atomic E-state index is 17.0. The van der Waals surface area contributed by atoms with Crippen LogP contribution in [0.25, 0.3) is 0 Å². The van der Waals surface area contributed by atoms with E-state index in [0.717, 1.165) is 33.8 Å². The van der Waals surface area contributed by atoms with Gasteiger partial charge in [-0.2, -0.15) is 0 Å². The van der Waals surface area contributed by atoms with Gasteiger partial charge in [0.25, 0.3) is 0 Å². The van der Waals surface area contributed by atoms with Crippen molar-refractivity contribution in [1.29, 1.82) is 0 Å². The fourth-order valence-electron chi connectivity index (χ4n) is 12.8. The van der Waals surface area contributed by atoms with Gasteiger partial charge in [-0.3, -0.25) is 14.4 Å². The Balaban J connectivity index is 1.56. The molecule has 2 aromatic carbocycles. The normalized spacial score (nSPS) is 20.8. The molecule has 2 aromatic rings. The molecule has 0 aliphatic carbocycles. The summed E-state index contributed by atoms with van der Waals surface area (Å²) < 4.78 is 67.4. The van der Waals surface area contributed by atoms with E-state index in [4.69, 9.17) is 45.3 Å². The van der Waals surface area contributed by atoms with E-state index in [9.17, 15) is 4.79 Å². The topological polar surface area (TPSA) is 289 Å². The van der Waals surface area contributed by atoms with Gasteiger partial charge in [0.15, 0.2) is 25.0 Å². The zero-order valence-electron chi connectivity index (χ0n) is 77.6. The Bertz CT molecular complexity index is 3730. The molecule has 0 aromatic heterocycles. The van der Waals surface area contributed by atoms with Crippen molar-refractivity contribution in [3.63, 3.8) is 0 Å². The average molecular weight is 1740 g/mol. The van der Waals surface area contributed by atoms with E-state index in [0.29, 0.717) is 18.8 Å². The fraction of sp³-hybridized carbons (Fsp3) is 0.765. The Morgan fingerprint density at radius 3 is 1.54 bits per heavy atom. The number of likely N-dealkylation sites (tertiary alicyclic amines) is 2. The maximum absolute atomic E-state index is 17.0. The van der Waals surface area contributed by atoms with Gasteiger partial charge in [-0.15, -0.1) is 0 Å². The van der Waals surface area contributed by atoms with E-state index in [-0.39, 0.29) is 88.9 Å². The van der Waals surface area contributed by atoms with Gasteiger partial charge in [-0.1, -0.05) is 129 Å². The number of nitrogens with zero attached hydrogens (tertiary/aromatic N) is 4. The number of ether oxygens (including phenoxy) is 1. The summed E-state index contributed by atoms with van der Waals surface area (Å²) in [6.07, 6.45) is -4.84. The van der Waals surface area contributed by atoms with Crippen LogP contribution >= 0.6 is 0 Å². The molecule has 4 aliphatic heterocycles. The van der Waals surface area contributed by atoms with E-state index in [2.05, 4.69) is 229 Å². The molecule has 0 saturated carbocycles. The first kappa shape index (κ1) is 100. The number of rotatable bonds is 36. The van der Waals surface area contributed by atoms with Crippen LogP contribution in [-0.2, 0) is 82.6 Å². The van der Waals surface area contributed by atoms with Gasteiger partial charge < -0.3 is 42.0 Å². The zero-order valence-corrected chi connectivity index (χ0v) is 85.6. The molecule has 25 nitrogen and oxygen atoms in total. The van der Waals surface area contributed by atoms with Crippen LogP contribution in [0.1, 0.15) is 176 Å². The molecule has 3 unspecified atom stereocenters. The van der Waals surface area contributed by atoms with Crippen LogP contribution in [0, 0.1) is 5.92 Å². The molecule has 12 atom stereocenters. The molecule has 116 heavy (non-hydrogen) atoms. The van der Waals surface area contributed by atoms with Crippen molar-refractivity contribution in [3.05, 3.63) is 59.7 Å². The predicted octanol–water partition coefficient (Wildman–Crippen LogP) is 12.0. The molecule has 4 fully saturated rings. The Kier molecular flexibility index (Phi) is 33.2. The molecule has 4 saturated heterocycles. The Morgan fingerprint density at radius 2 is 1.07 bits per heavy atom. The Labute approximate surface area is 707 Å². The van der Waals surface area contributed by atoms with Crippen molar-refractivity contribution in [3.8, 4) is 5.75 Å². The Morgan fingerprint density at radius 1 is 0.603 bits per heavy atom. The standard InChI is InChI=1S/C81H149B3N8O17Si7/c1-53-48-91(67(68(53)109-116(33,34)81(19,20)21)74(98)92(83-51-102-83)84-52-103-84)73(97)65(55(3)105-112(25,26)77(7,8)9)87-71(95)66(62(108-115(31,32)80(16,17)18)46-56-41-43-58(44-42-56)106-113(27,28)78(10,11)12)88-70(94)61-47-59(107-114(29,30)79(13,14)15)49-90(61)72(96)64(54(2)104-111(23,24)76(4,5)6)86-69(93)60(89-82-100-22)39-37-45-85-75(99)101-50-57-38-35-36-40-63(57)110/h35-36,38,40-44,53-55,59-62,64-68H,37,39,45-52H2,1-34,110H3,(H,85,99)(H,86,93)(H,87,95)(H,88,94)/t53-,54?,55?,59+,60?,61-,62+,64-,65-,66-,67-,68-/m0/s1. The molecule has 4 N–H and O–H groups in total. The number of nitrogens with one attached hydrogen (secondary N) is 4. The number of carbonyl (C=O) groups excluding carboxylic acids is 7. The van der Waals surface area contributed by atoms with Gasteiger partial charge in [0.05, 0.1) is 25.2 Å². The second kappa shape index (κ2) is 38.4. The summed E-state index contributed by atoms with van der Waals surface area (Å²) in [6.45, 7) is 69.8. The summed E-state index contributed by atoms with van der Waals surface area (Å²) in [6, 6.07) is 7.34. The summed E-state index contributed by atoms with van der Waals surface area (Å²) in [7, 11) is -14.1. The molecule has 4 heterocycles. The van der Waals surface area contributed by atoms with E-state index in [1.54, 1.807) is 23.5 Å². The minimum atomic E-state index is -3.03. The number of alkyl carbamates (subject to hydrolysis) is 1. The molecule has 652 valence electrons. The van der Waals surface area contributed by atoms with Crippen LogP contribution in [0.15, 0.2) is 53.4 Å². The van der Waals surface area contributed by atoms with Crippen molar-refractivity contribution in [2.24, 2.45) is 10.8 Å². The molecule has 0 radical (unpaired) electrons. The van der Waals surface area contributed by atoms with Crippen molar-refractivity contribution in [2.45, 2.75) is 353 Å². The van der Waals surface area contributed by atoms with E-state index >= 15 is 28.8 Å². The van der Waals surface area contributed by atoms with Gasteiger partial charge in [0.1, 0.15) is 17.8 Å². The van der Waals surface area contributed by atoms with Crippen LogP contribution < -0.4 is 30.9 Å². The fourth-order valence-corrected chi connectivity index (χ4v) is 21.3. The number of amides is 7. The third-order valence-electron chi connectivity index (χ3n) is 26.7. The monoisotopic (exact) mass is 1730 g/mol. The van der Waals surface area contributed by atoms with Crippen LogP contribution in [0.5, 0.6) is 5.75 Å². The van der Waals surface area contributed by atoms with Crippen molar-refractivity contribution in [2.75, 3.05) is 39.8 Å². The van der Waals surface area contributed by atoms with Gasteiger partial charge in [0.2, 0.25) is 20.1 Å². The quantitative estimate of drug-likeness (QED) is 0.0280. The number of hydrogen-bond acceptors (Lipinski definition) is 18. The van der Waals surface area contributed by atoms with Gasteiger partial charge in [0, 0.05) is 12.5 Å². The molecule has 4 aliphatic rings. The number of carbonyl (C=O) groups is 7. The van der Waals surface area contributed by atoms with Crippen LogP contribution in [-0.4, -0.2) is 244 Å². The summed E-state index contributed by atoms with van der Waals surface area (Å²) in [5, 5.41) is 11.6. The Hall–Kier alpha value is -4.64. The molecule has 6 rings (SSSR count).